The van der Waals surface area contributed by atoms with Crippen molar-refractivity contribution in [1.82, 2.24) is 15.5 Å². The Balaban J connectivity index is 2.51. The minimum Gasteiger partial charge on any atom is -0.396 e. The second-order valence-electron chi connectivity index (χ2n) is 6.70. The fourth-order valence-electron chi connectivity index (χ4n) is 1.86. The largest absolute Gasteiger partial charge is 0.396 e. The van der Waals surface area contributed by atoms with E-state index in [1.54, 1.807) is 0 Å². The number of amides is 1. The molecular weight excluding hydrogens is 270 g/mol. The van der Waals surface area contributed by atoms with Gasteiger partial charge in [-0.15, -0.1) is 0 Å². The molecule has 0 aliphatic heterocycles. The van der Waals surface area contributed by atoms with Crippen molar-refractivity contribution >= 4 is 5.91 Å². The zero-order valence-electron chi connectivity index (χ0n) is 13.7. The van der Waals surface area contributed by atoms with Gasteiger partial charge in [0, 0.05) is 30.4 Å². The van der Waals surface area contributed by atoms with Crippen LogP contribution < -0.4 is 5.32 Å². The number of aromatic nitrogens is 2. The minimum absolute atomic E-state index is 0.0588. The van der Waals surface area contributed by atoms with Crippen LogP contribution in [0.4, 0.5) is 0 Å². The predicted octanol–water partition coefficient (Wildman–Crippen LogP) is 1.97. The van der Waals surface area contributed by atoms with Crippen molar-refractivity contribution in [3.63, 3.8) is 0 Å². The molecule has 21 heavy (non-hydrogen) atoms. The van der Waals surface area contributed by atoms with Gasteiger partial charge in [-0.2, -0.15) is 4.98 Å². The molecule has 1 unspecified atom stereocenters. The normalized spacial score (nSPS) is 14.8. The summed E-state index contributed by atoms with van der Waals surface area (Å²) in [6.45, 7) is 10.0. The molecule has 1 amide bonds. The molecule has 0 saturated carbocycles. The van der Waals surface area contributed by atoms with Gasteiger partial charge < -0.3 is 14.9 Å². The Morgan fingerprint density at radius 3 is 2.48 bits per heavy atom. The fraction of sp³-hybridized carbons (Fsp3) is 0.800. The Hall–Kier alpha value is -1.43. The second kappa shape index (κ2) is 7.02. The first-order valence-electron chi connectivity index (χ1n) is 7.45. The topological polar surface area (TPSA) is 88.2 Å². The molecule has 0 radical (unpaired) electrons. The van der Waals surface area contributed by atoms with Gasteiger partial charge in [-0.05, 0) is 19.8 Å². The molecule has 1 aromatic rings. The molecule has 0 fully saturated rings. The first kappa shape index (κ1) is 17.6. The number of aliphatic hydroxyl groups excluding tert-OH is 1. The lowest BCUT2D eigenvalue weighted by molar-refractivity contribution is -0.123. The zero-order valence-corrected chi connectivity index (χ0v) is 13.7. The molecule has 6 heteroatoms. The lowest BCUT2D eigenvalue weighted by Crippen LogP contribution is -2.46. The van der Waals surface area contributed by atoms with E-state index in [-0.39, 0.29) is 23.5 Å². The van der Waals surface area contributed by atoms with Crippen LogP contribution in [0, 0.1) is 0 Å². The van der Waals surface area contributed by atoms with E-state index in [1.807, 2.05) is 34.6 Å². The maximum absolute atomic E-state index is 12.0. The van der Waals surface area contributed by atoms with Gasteiger partial charge in [-0.1, -0.05) is 32.9 Å². The van der Waals surface area contributed by atoms with Crippen LogP contribution in [0.3, 0.4) is 0 Å². The number of aryl methyl sites for hydroxylation is 1. The van der Waals surface area contributed by atoms with E-state index >= 15 is 0 Å². The first-order chi connectivity index (χ1) is 9.70. The molecule has 1 heterocycles. The minimum atomic E-state index is -0.364. The Morgan fingerprint density at radius 2 is 2.00 bits per heavy atom. The second-order valence-corrected chi connectivity index (χ2v) is 6.70. The monoisotopic (exact) mass is 297 g/mol. The Morgan fingerprint density at radius 1 is 1.33 bits per heavy atom. The standard InChI is InChI=1S/C15H27N3O3/c1-6-15(5,9-10-19)17-11(20)7-8-12-16-13(18-21-12)14(2,3)4/h19H,6-10H2,1-5H3,(H,17,20). The van der Waals surface area contributed by atoms with Gasteiger partial charge in [-0.3, -0.25) is 4.79 Å². The highest BCUT2D eigenvalue weighted by Gasteiger charge is 2.24. The van der Waals surface area contributed by atoms with Crippen molar-refractivity contribution in [3.8, 4) is 0 Å². The lowest BCUT2D eigenvalue weighted by Gasteiger charge is -2.28. The van der Waals surface area contributed by atoms with Crippen molar-refractivity contribution in [1.29, 1.82) is 0 Å². The average molecular weight is 297 g/mol. The maximum Gasteiger partial charge on any atom is 0.227 e. The van der Waals surface area contributed by atoms with E-state index in [1.165, 1.54) is 0 Å². The Bertz CT molecular complexity index is 465. The number of nitrogens with zero attached hydrogens (tertiary/aromatic N) is 2. The van der Waals surface area contributed by atoms with Gasteiger partial charge in [0.15, 0.2) is 5.82 Å². The molecule has 6 nitrogen and oxygen atoms in total. The third-order valence-electron chi connectivity index (χ3n) is 3.59. The molecule has 0 aliphatic rings. The Labute approximate surface area is 126 Å². The summed E-state index contributed by atoms with van der Waals surface area (Å²) >= 11 is 0. The molecule has 0 aromatic carbocycles. The average Bonchev–Trinajstić information content (AvgIpc) is 2.85. The van der Waals surface area contributed by atoms with E-state index < -0.39 is 0 Å². The summed E-state index contributed by atoms with van der Waals surface area (Å²) in [5, 5.41) is 15.9. The summed E-state index contributed by atoms with van der Waals surface area (Å²) in [6, 6.07) is 0. The van der Waals surface area contributed by atoms with E-state index in [9.17, 15) is 4.79 Å². The highest BCUT2D eigenvalue weighted by atomic mass is 16.5. The smallest absolute Gasteiger partial charge is 0.227 e. The highest BCUT2D eigenvalue weighted by Crippen LogP contribution is 2.19. The Kier molecular flexibility index (Phi) is 5.89. The number of carbonyl (C=O) groups excluding carboxylic acids is 1. The number of hydrogen-bond acceptors (Lipinski definition) is 5. The molecule has 120 valence electrons. The third-order valence-corrected chi connectivity index (χ3v) is 3.59. The number of hydrogen-bond donors (Lipinski definition) is 2. The quantitative estimate of drug-likeness (QED) is 0.803. The number of nitrogens with one attached hydrogen (secondary N) is 1. The number of rotatable bonds is 7. The predicted molar refractivity (Wildman–Crippen MR) is 79.9 cm³/mol. The molecule has 0 spiro atoms. The molecule has 1 rings (SSSR count). The van der Waals surface area contributed by atoms with Crippen LogP contribution in [0.5, 0.6) is 0 Å². The maximum atomic E-state index is 12.0. The van der Waals surface area contributed by atoms with Crippen LogP contribution in [0.15, 0.2) is 4.52 Å². The molecular formula is C15H27N3O3. The van der Waals surface area contributed by atoms with Crippen molar-refractivity contribution in [2.24, 2.45) is 0 Å². The van der Waals surface area contributed by atoms with E-state index in [0.29, 0.717) is 31.0 Å². The summed E-state index contributed by atoms with van der Waals surface area (Å²) < 4.78 is 5.16. The van der Waals surface area contributed by atoms with Gasteiger partial charge in [0.2, 0.25) is 11.8 Å². The van der Waals surface area contributed by atoms with E-state index in [4.69, 9.17) is 9.63 Å². The number of aliphatic hydroxyl groups is 1. The summed E-state index contributed by atoms with van der Waals surface area (Å²) in [4.78, 5) is 16.3. The van der Waals surface area contributed by atoms with Gasteiger partial charge in [0.25, 0.3) is 0 Å². The van der Waals surface area contributed by atoms with Crippen molar-refractivity contribution in [2.45, 2.75) is 71.3 Å². The summed E-state index contributed by atoms with van der Waals surface area (Å²) in [5.74, 6) is 1.07. The molecule has 2 N–H and O–H groups in total. The molecule has 0 bridgehead atoms. The lowest BCUT2D eigenvalue weighted by atomic mass is 9.94. The zero-order chi connectivity index (χ0) is 16.1. The van der Waals surface area contributed by atoms with Crippen LogP contribution in [0.2, 0.25) is 0 Å². The van der Waals surface area contributed by atoms with E-state index in [2.05, 4.69) is 15.5 Å². The van der Waals surface area contributed by atoms with Crippen LogP contribution in [-0.4, -0.2) is 33.3 Å². The van der Waals surface area contributed by atoms with Crippen molar-refractivity contribution in [3.05, 3.63) is 11.7 Å². The van der Waals surface area contributed by atoms with Gasteiger partial charge in [0.05, 0.1) is 0 Å². The van der Waals surface area contributed by atoms with Gasteiger partial charge in [-0.25, -0.2) is 0 Å². The highest BCUT2D eigenvalue weighted by molar-refractivity contribution is 5.76. The number of carbonyl (C=O) groups is 1. The molecule has 0 aliphatic carbocycles. The molecule has 0 saturated heterocycles. The van der Waals surface area contributed by atoms with Crippen LogP contribution in [-0.2, 0) is 16.6 Å². The fourth-order valence-corrected chi connectivity index (χ4v) is 1.86. The SMILES string of the molecule is CCC(C)(CCO)NC(=O)CCc1nc(C(C)(C)C)no1. The van der Waals surface area contributed by atoms with Gasteiger partial charge in [0.1, 0.15) is 0 Å². The van der Waals surface area contributed by atoms with E-state index in [0.717, 1.165) is 6.42 Å². The summed E-state index contributed by atoms with van der Waals surface area (Å²) in [7, 11) is 0. The van der Waals surface area contributed by atoms with Crippen LogP contribution >= 0.6 is 0 Å². The van der Waals surface area contributed by atoms with Crippen LogP contribution in [0.1, 0.15) is 65.6 Å². The first-order valence-corrected chi connectivity index (χ1v) is 7.45. The summed E-state index contributed by atoms with van der Waals surface area (Å²) in [5.41, 5.74) is -0.525. The van der Waals surface area contributed by atoms with Crippen molar-refractivity contribution in [2.75, 3.05) is 6.61 Å². The molecule has 1 atom stereocenters. The van der Waals surface area contributed by atoms with Crippen LogP contribution in [0.25, 0.3) is 0 Å². The van der Waals surface area contributed by atoms with Crippen molar-refractivity contribution < 1.29 is 14.4 Å². The third kappa shape index (κ3) is 5.46. The molecule has 1 aromatic heterocycles. The summed E-state index contributed by atoms with van der Waals surface area (Å²) in [6.07, 6.45) is 2.04. The van der Waals surface area contributed by atoms with Gasteiger partial charge >= 0.3 is 0 Å².